The normalized spacial score (nSPS) is 10.7. The standard InChI is InChI=1S/C18H19ClN2O2/c1-23-16-11-9-14(10-12-16)5-4-8-18(22)21-20-13-15-6-2-3-7-17(15)19/h2-3,6-7,9-13H,4-5,8H2,1H3,(H,21,22)/b20-13-. The van der Waals surface area contributed by atoms with Crippen molar-refractivity contribution in [2.75, 3.05) is 7.11 Å². The van der Waals surface area contributed by atoms with E-state index in [0.29, 0.717) is 11.4 Å². The van der Waals surface area contributed by atoms with Gasteiger partial charge in [0.25, 0.3) is 0 Å². The van der Waals surface area contributed by atoms with Gasteiger partial charge in [0.1, 0.15) is 5.75 Å². The van der Waals surface area contributed by atoms with Gasteiger partial charge in [-0.1, -0.05) is 41.9 Å². The summed E-state index contributed by atoms with van der Waals surface area (Å²) in [6, 6.07) is 15.2. The van der Waals surface area contributed by atoms with Gasteiger partial charge in [-0.25, -0.2) is 5.43 Å². The van der Waals surface area contributed by atoms with Gasteiger partial charge < -0.3 is 4.74 Å². The number of benzene rings is 2. The summed E-state index contributed by atoms with van der Waals surface area (Å²) < 4.78 is 5.11. The van der Waals surface area contributed by atoms with E-state index in [9.17, 15) is 4.79 Å². The van der Waals surface area contributed by atoms with Crippen molar-refractivity contribution in [2.45, 2.75) is 19.3 Å². The summed E-state index contributed by atoms with van der Waals surface area (Å²) in [7, 11) is 1.64. The average molecular weight is 331 g/mol. The minimum atomic E-state index is -0.109. The molecule has 0 saturated heterocycles. The number of carbonyl (C=O) groups is 1. The van der Waals surface area contributed by atoms with Crippen LogP contribution in [0, 0.1) is 0 Å². The summed E-state index contributed by atoms with van der Waals surface area (Å²) >= 11 is 6.00. The second-order valence-electron chi connectivity index (χ2n) is 5.02. The lowest BCUT2D eigenvalue weighted by molar-refractivity contribution is -0.121. The lowest BCUT2D eigenvalue weighted by atomic mass is 10.1. The maximum atomic E-state index is 11.7. The first kappa shape index (κ1) is 17.0. The van der Waals surface area contributed by atoms with Crippen molar-refractivity contribution < 1.29 is 9.53 Å². The molecule has 2 aromatic rings. The lowest BCUT2D eigenvalue weighted by Gasteiger charge is -2.03. The molecule has 0 spiro atoms. The summed E-state index contributed by atoms with van der Waals surface area (Å²) in [5.74, 6) is 0.724. The fourth-order valence-electron chi connectivity index (χ4n) is 2.05. The van der Waals surface area contributed by atoms with E-state index >= 15 is 0 Å². The second kappa shape index (κ2) is 8.96. The Bertz CT molecular complexity index is 669. The van der Waals surface area contributed by atoms with Crippen molar-refractivity contribution in [3.05, 3.63) is 64.7 Å². The molecule has 1 N–H and O–H groups in total. The topological polar surface area (TPSA) is 50.7 Å². The van der Waals surface area contributed by atoms with Crippen LogP contribution in [0.3, 0.4) is 0 Å². The molecule has 2 aromatic carbocycles. The Morgan fingerprint density at radius 2 is 1.96 bits per heavy atom. The van der Waals surface area contributed by atoms with Gasteiger partial charge in [0.2, 0.25) is 5.91 Å². The largest absolute Gasteiger partial charge is 0.497 e. The highest BCUT2D eigenvalue weighted by Gasteiger charge is 2.01. The summed E-state index contributed by atoms with van der Waals surface area (Å²) in [5.41, 5.74) is 4.46. The zero-order valence-electron chi connectivity index (χ0n) is 13.0. The van der Waals surface area contributed by atoms with E-state index in [1.54, 1.807) is 19.4 Å². The average Bonchev–Trinajstić information content (AvgIpc) is 2.57. The van der Waals surface area contributed by atoms with Crippen LogP contribution < -0.4 is 10.2 Å². The van der Waals surface area contributed by atoms with Crippen molar-refractivity contribution >= 4 is 23.7 Å². The Balaban J connectivity index is 1.71. The summed E-state index contributed by atoms with van der Waals surface area (Å²) in [4.78, 5) is 11.7. The highest BCUT2D eigenvalue weighted by Crippen LogP contribution is 2.13. The Hall–Kier alpha value is -2.33. The smallest absolute Gasteiger partial charge is 0.240 e. The molecule has 4 nitrogen and oxygen atoms in total. The predicted molar refractivity (Wildman–Crippen MR) is 93.1 cm³/mol. The maximum Gasteiger partial charge on any atom is 0.240 e. The van der Waals surface area contributed by atoms with E-state index in [1.807, 2.05) is 42.5 Å². The molecule has 0 saturated carbocycles. The molecule has 0 bridgehead atoms. The summed E-state index contributed by atoms with van der Waals surface area (Å²) in [6.07, 6.45) is 3.57. The zero-order valence-corrected chi connectivity index (χ0v) is 13.7. The number of nitrogens with zero attached hydrogens (tertiary/aromatic N) is 1. The molecule has 0 aliphatic rings. The molecular weight excluding hydrogens is 312 g/mol. The molecule has 120 valence electrons. The number of methoxy groups -OCH3 is 1. The van der Waals surface area contributed by atoms with Gasteiger partial charge in [0.15, 0.2) is 0 Å². The number of rotatable bonds is 7. The van der Waals surface area contributed by atoms with Crippen LogP contribution in [0.5, 0.6) is 5.75 Å². The van der Waals surface area contributed by atoms with Crippen LogP contribution >= 0.6 is 11.6 Å². The zero-order chi connectivity index (χ0) is 16.5. The quantitative estimate of drug-likeness (QED) is 0.619. The highest BCUT2D eigenvalue weighted by molar-refractivity contribution is 6.33. The van der Waals surface area contributed by atoms with Crippen molar-refractivity contribution in [3.63, 3.8) is 0 Å². The van der Waals surface area contributed by atoms with Crippen molar-refractivity contribution in [2.24, 2.45) is 5.10 Å². The first-order valence-electron chi connectivity index (χ1n) is 7.38. The van der Waals surface area contributed by atoms with Crippen LogP contribution in [-0.2, 0) is 11.2 Å². The first-order chi connectivity index (χ1) is 11.2. The molecule has 0 aromatic heterocycles. The van der Waals surface area contributed by atoms with Gasteiger partial charge in [-0.3, -0.25) is 4.79 Å². The summed E-state index contributed by atoms with van der Waals surface area (Å²) in [5, 5.41) is 4.53. The Morgan fingerprint density at radius 3 is 2.65 bits per heavy atom. The van der Waals surface area contributed by atoms with Gasteiger partial charge in [0.05, 0.1) is 13.3 Å². The minimum Gasteiger partial charge on any atom is -0.497 e. The minimum absolute atomic E-state index is 0.109. The number of carbonyl (C=O) groups excluding carboxylic acids is 1. The van der Waals surface area contributed by atoms with E-state index in [0.717, 1.165) is 24.2 Å². The monoisotopic (exact) mass is 330 g/mol. The van der Waals surface area contributed by atoms with E-state index in [4.69, 9.17) is 16.3 Å². The Morgan fingerprint density at radius 1 is 1.22 bits per heavy atom. The number of hydrogen-bond acceptors (Lipinski definition) is 3. The van der Waals surface area contributed by atoms with Crippen molar-refractivity contribution in [1.29, 1.82) is 0 Å². The molecule has 5 heteroatoms. The third-order valence-electron chi connectivity index (χ3n) is 3.33. The fraction of sp³-hybridized carbons (Fsp3) is 0.222. The van der Waals surface area contributed by atoms with Gasteiger partial charge in [-0.05, 0) is 36.6 Å². The van der Waals surface area contributed by atoms with Gasteiger partial charge in [-0.2, -0.15) is 5.10 Å². The van der Waals surface area contributed by atoms with E-state index in [-0.39, 0.29) is 5.91 Å². The van der Waals surface area contributed by atoms with Gasteiger partial charge in [0, 0.05) is 17.0 Å². The van der Waals surface area contributed by atoms with Crippen LogP contribution in [0.25, 0.3) is 0 Å². The van der Waals surface area contributed by atoms with Gasteiger partial charge >= 0.3 is 0 Å². The number of hydrazone groups is 1. The molecule has 0 heterocycles. The van der Waals surface area contributed by atoms with E-state index in [2.05, 4.69) is 10.5 Å². The molecule has 0 aliphatic heterocycles. The van der Waals surface area contributed by atoms with Crippen molar-refractivity contribution in [1.82, 2.24) is 5.43 Å². The number of hydrogen-bond donors (Lipinski definition) is 1. The molecule has 2 rings (SSSR count). The number of ether oxygens (including phenoxy) is 1. The maximum absolute atomic E-state index is 11.7. The number of aryl methyl sites for hydroxylation is 1. The molecule has 0 radical (unpaired) electrons. The van der Waals surface area contributed by atoms with E-state index < -0.39 is 0 Å². The molecule has 0 fully saturated rings. The number of nitrogens with one attached hydrogen (secondary N) is 1. The van der Waals surface area contributed by atoms with Gasteiger partial charge in [-0.15, -0.1) is 0 Å². The lowest BCUT2D eigenvalue weighted by Crippen LogP contribution is -2.17. The fourth-order valence-corrected chi connectivity index (χ4v) is 2.24. The molecule has 0 unspecified atom stereocenters. The predicted octanol–water partition coefficient (Wildman–Crippen LogP) is 3.82. The van der Waals surface area contributed by atoms with Crippen LogP contribution in [0.1, 0.15) is 24.0 Å². The molecule has 0 aliphatic carbocycles. The highest BCUT2D eigenvalue weighted by atomic mass is 35.5. The third-order valence-corrected chi connectivity index (χ3v) is 3.67. The SMILES string of the molecule is COc1ccc(CCCC(=O)N/N=C\c2ccccc2Cl)cc1. The third kappa shape index (κ3) is 5.75. The molecule has 1 amide bonds. The van der Waals surface area contributed by atoms with Crippen LogP contribution in [-0.4, -0.2) is 19.2 Å². The summed E-state index contributed by atoms with van der Waals surface area (Å²) in [6.45, 7) is 0. The van der Waals surface area contributed by atoms with Crippen LogP contribution in [0.15, 0.2) is 53.6 Å². The number of halogens is 1. The first-order valence-corrected chi connectivity index (χ1v) is 7.76. The Labute approximate surface area is 141 Å². The Kier molecular flexibility index (Phi) is 6.63. The van der Waals surface area contributed by atoms with E-state index in [1.165, 1.54) is 5.56 Å². The van der Waals surface area contributed by atoms with Crippen LogP contribution in [0.2, 0.25) is 5.02 Å². The van der Waals surface area contributed by atoms with Crippen molar-refractivity contribution in [3.8, 4) is 5.75 Å². The molecule has 23 heavy (non-hydrogen) atoms. The molecular formula is C18H19ClN2O2. The van der Waals surface area contributed by atoms with Crippen LogP contribution in [0.4, 0.5) is 0 Å². The molecule has 0 atom stereocenters. The number of amides is 1. The second-order valence-corrected chi connectivity index (χ2v) is 5.42.